The van der Waals surface area contributed by atoms with Crippen LogP contribution in [0.4, 0.5) is 0 Å². The Bertz CT molecular complexity index is 265. The SMILES string of the molecule is COCCCC(=O)O.O=Cc1ccco1. The molecule has 0 bridgehead atoms. The van der Waals surface area contributed by atoms with Crippen molar-refractivity contribution in [3.05, 3.63) is 24.2 Å². The molecular weight excluding hydrogens is 200 g/mol. The van der Waals surface area contributed by atoms with Crippen molar-refractivity contribution < 1.29 is 23.8 Å². The van der Waals surface area contributed by atoms with Gasteiger partial charge >= 0.3 is 5.97 Å². The van der Waals surface area contributed by atoms with Crippen LogP contribution in [0.5, 0.6) is 0 Å². The number of aliphatic carboxylic acids is 1. The smallest absolute Gasteiger partial charge is 0.303 e. The molecule has 15 heavy (non-hydrogen) atoms. The fraction of sp³-hybridized carbons (Fsp3) is 0.400. The van der Waals surface area contributed by atoms with Gasteiger partial charge in [0.1, 0.15) is 0 Å². The van der Waals surface area contributed by atoms with E-state index in [1.54, 1.807) is 19.2 Å². The zero-order chi connectivity index (χ0) is 11.5. The number of hydrogen-bond donors (Lipinski definition) is 1. The molecule has 0 aliphatic rings. The average Bonchev–Trinajstić information content (AvgIpc) is 2.71. The summed E-state index contributed by atoms with van der Waals surface area (Å²) < 4.78 is 9.24. The predicted molar refractivity (Wildman–Crippen MR) is 52.8 cm³/mol. The lowest BCUT2D eigenvalue weighted by molar-refractivity contribution is -0.137. The van der Waals surface area contributed by atoms with Crippen molar-refractivity contribution >= 4 is 12.3 Å². The summed E-state index contributed by atoms with van der Waals surface area (Å²) in [5.74, 6) is -0.387. The van der Waals surface area contributed by atoms with Crippen LogP contribution in [0.1, 0.15) is 23.4 Å². The number of carboxylic acids is 1. The van der Waals surface area contributed by atoms with Gasteiger partial charge in [-0.05, 0) is 18.6 Å². The maximum atomic E-state index is 9.82. The van der Waals surface area contributed by atoms with Crippen LogP contribution in [-0.2, 0) is 9.53 Å². The van der Waals surface area contributed by atoms with Gasteiger partial charge in [-0.2, -0.15) is 0 Å². The quantitative estimate of drug-likeness (QED) is 0.595. The van der Waals surface area contributed by atoms with Gasteiger partial charge in [-0.1, -0.05) is 0 Å². The lowest BCUT2D eigenvalue weighted by Crippen LogP contribution is -1.97. The Morgan fingerprint density at radius 1 is 1.67 bits per heavy atom. The van der Waals surface area contributed by atoms with Gasteiger partial charge in [0, 0.05) is 20.1 Å². The third kappa shape index (κ3) is 8.70. The van der Waals surface area contributed by atoms with Gasteiger partial charge in [-0.15, -0.1) is 0 Å². The molecule has 0 aromatic carbocycles. The van der Waals surface area contributed by atoms with Crippen LogP contribution in [0, 0.1) is 0 Å². The largest absolute Gasteiger partial charge is 0.481 e. The fourth-order valence-corrected chi connectivity index (χ4v) is 0.726. The molecule has 0 saturated carbocycles. The molecule has 5 heteroatoms. The molecule has 1 aromatic heterocycles. The van der Waals surface area contributed by atoms with Gasteiger partial charge in [0.15, 0.2) is 12.0 Å². The minimum absolute atomic E-state index is 0.202. The van der Waals surface area contributed by atoms with E-state index in [1.165, 1.54) is 6.26 Å². The number of carbonyl (C=O) groups is 2. The number of carboxylic acid groups (broad SMARTS) is 1. The zero-order valence-electron chi connectivity index (χ0n) is 8.51. The number of rotatable bonds is 5. The molecule has 1 heterocycles. The van der Waals surface area contributed by atoms with Crippen molar-refractivity contribution in [3.63, 3.8) is 0 Å². The molecule has 0 spiro atoms. The summed E-state index contributed by atoms with van der Waals surface area (Å²) in [6.45, 7) is 0.534. The Hall–Kier alpha value is -1.62. The first kappa shape index (κ1) is 13.4. The number of methoxy groups -OCH3 is 1. The van der Waals surface area contributed by atoms with E-state index in [-0.39, 0.29) is 6.42 Å². The van der Waals surface area contributed by atoms with E-state index in [1.807, 2.05) is 0 Å². The van der Waals surface area contributed by atoms with Gasteiger partial charge < -0.3 is 14.3 Å². The van der Waals surface area contributed by atoms with E-state index < -0.39 is 5.97 Å². The molecule has 1 rings (SSSR count). The molecule has 0 radical (unpaired) electrons. The molecule has 0 amide bonds. The molecule has 0 unspecified atom stereocenters. The van der Waals surface area contributed by atoms with Crippen LogP contribution in [0.2, 0.25) is 0 Å². The number of carbonyl (C=O) groups excluding carboxylic acids is 1. The second-order valence-electron chi connectivity index (χ2n) is 2.62. The topological polar surface area (TPSA) is 76.7 Å². The summed E-state index contributed by atoms with van der Waals surface area (Å²) in [5.41, 5.74) is 0. The monoisotopic (exact) mass is 214 g/mol. The highest BCUT2D eigenvalue weighted by Crippen LogP contribution is 1.92. The highest BCUT2D eigenvalue weighted by Gasteiger charge is 1.93. The molecule has 1 N–H and O–H groups in total. The molecule has 84 valence electrons. The second kappa shape index (κ2) is 8.96. The third-order valence-electron chi connectivity index (χ3n) is 1.40. The molecular formula is C10H14O5. The van der Waals surface area contributed by atoms with Crippen LogP contribution >= 0.6 is 0 Å². The Morgan fingerprint density at radius 3 is 2.73 bits per heavy atom. The van der Waals surface area contributed by atoms with E-state index in [0.29, 0.717) is 25.1 Å². The van der Waals surface area contributed by atoms with Crippen LogP contribution in [0.25, 0.3) is 0 Å². The minimum Gasteiger partial charge on any atom is -0.481 e. The second-order valence-corrected chi connectivity index (χ2v) is 2.62. The molecule has 0 aliphatic carbocycles. The maximum Gasteiger partial charge on any atom is 0.303 e. The molecule has 0 saturated heterocycles. The third-order valence-corrected chi connectivity index (χ3v) is 1.40. The first-order chi connectivity index (χ1) is 7.20. The van der Waals surface area contributed by atoms with Crippen LogP contribution in [0.3, 0.4) is 0 Å². The summed E-state index contributed by atoms with van der Waals surface area (Å²) in [6.07, 6.45) is 2.93. The Balaban J connectivity index is 0.000000262. The Kier molecular flexibility index (Phi) is 7.99. The molecule has 0 aliphatic heterocycles. The lowest BCUT2D eigenvalue weighted by atomic mass is 10.3. The average molecular weight is 214 g/mol. The van der Waals surface area contributed by atoms with Gasteiger partial charge in [0.05, 0.1) is 6.26 Å². The highest BCUT2D eigenvalue weighted by atomic mass is 16.5. The number of aldehydes is 1. The van der Waals surface area contributed by atoms with E-state index >= 15 is 0 Å². The molecule has 0 fully saturated rings. The highest BCUT2D eigenvalue weighted by molar-refractivity contribution is 5.69. The van der Waals surface area contributed by atoms with Gasteiger partial charge in [-0.3, -0.25) is 9.59 Å². The van der Waals surface area contributed by atoms with Gasteiger partial charge in [0.25, 0.3) is 0 Å². The lowest BCUT2D eigenvalue weighted by Gasteiger charge is -1.91. The summed E-state index contributed by atoms with van der Waals surface area (Å²) in [4.78, 5) is 19.6. The molecule has 1 aromatic rings. The summed E-state index contributed by atoms with van der Waals surface area (Å²) >= 11 is 0. The Labute approximate surface area is 87.7 Å². The van der Waals surface area contributed by atoms with E-state index in [2.05, 4.69) is 9.15 Å². The molecule has 5 nitrogen and oxygen atoms in total. The van der Waals surface area contributed by atoms with Crippen molar-refractivity contribution in [2.75, 3.05) is 13.7 Å². The summed E-state index contributed by atoms with van der Waals surface area (Å²) in [6, 6.07) is 3.27. The van der Waals surface area contributed by atoms with Crippen molar-refractivity contribution in [2.45, 2.75) is 12.8 Å². The van der Waals surface area contributed by atoms with Gasteiger partial charge in [-0.25, -0.2) is 0 Å². The van der Waals surface area contributed by atoms with Crippen molar-refractivity contribution in [3.8, 4) is 0 Å². The van der Waals surface area contributed by atoms with E-state index in [4.69, 9.17) is 5.11 Å². The zero-order valence-corrected chi connectivity index (χ0v) is 8.51. The van der Waals surface area contributed by atoms with Crippen molar-refractivity contribution in [1.29, 1.82) is 0 Å². The van der Waals surface area contributed by atoms with Crippen molar-refractivity contribution in [2.24, 2.45) is 0 Å². The fourth-order valence-electron chi connectivity index (χ4n) is 0.726. The first-order valence-electron chi connectivity index (χ1n) is 4.40. The first-order valence-corrected chi connectivity index (χ1v) is 4.40. The van der Waals surface area contributed by atoms with E-state index in [0.717, 1.165) is 0 Å². The Morgan fingerprint density at radius 2 is 2.40 bits per heavy atom. The number of furan rings is 1. The van der Waals surface area contributed by atoms with Crippen molar-refractivity contribution in [1.82, 2.24) is 0 Å². The predicted octanol–water partition coefficient (Wildman–Crippen LogP) is 1.59. The summed E-state index contributed by atoms with van der Waals surface area (Å²) in [7, 11) is 1.56. The standard InChI is InChI=1S/C5H10O3.C5H4O2/c1-8-4-2-3-5(6)7;6-4-5-2-1-3-7-5/h2-4H2,1H3,(H,6,7);1-4H. The van der Waals surface area contributed by atoms with Crippen LogP contribution in [-0.4, -0.2) is 31.1 Å². The van der Waals surface area contributed by atoms with Gasteiger partial charge in [0.2, 0.25) is 0 Å². The normalized spacial score (nSPS) is 8.87. The minimum atomic E-state index is -0.762. The van der Waals surface area contributed by atoms with Crippen LogP contribution in [0.15, 0.2) is 22.8 Å². The van der Waals surface area contributed by atoms with E-state index in [9.17, 15) is 9.59 Å². The number of hydrogen-bond acceptors (Lipinski definition) is 4. The van der Waals surface area contributed by atoms with Crippen LogP contribution < -0.4 is 0 Å². The number of ether oxygens (including phenoxy) is 1. The molecule has 0 atom stereocenters. The summed E-state index contributed by atoms with van der Waals surface area (Å²) in [5, 5.41) is 8.08. The maximum absolute atomic E-state index is 9.82.